The summed E-state index contributed by atoms with van der Waals surface area (Å²) in [6, 6.07) is 5.51. The van der Waals surface area contributed by atoms with Gasteiger partial charge >= 0.3 is 5.97 Å². The van der Waals surface area contributed by atoms with Gasteiger partial charge in [-0.25, -0.2) is 0 Å². The molecule has 0 N–H and O–H groups in total. The molecule has 2 nitrogen and oxygen atoms in total. The second-order valence-corrected chi connectivity index (χ2v) is 4.76. The number of carbonyl (C=O) groups is 1. The highest BCUT2D eigenvalue weighted by Crippen LogP contribution is 2.34. The Kier molecular flexibility index (Phi) is 5.29. The summed E-state index contributed by atoms with van der Waals surface area (Å²) in [5, 5.41) is 0.596. The van der Waals surface area contributed by atoms with Gasteiger partial charge < -0.3 is 4.74 Å². The molecule has 1 unspecified atom stereocenters. The van der Waals surface area contributed by atoms with Crippen molar-refractivity contribution in [1.29, 1.82) is 0 Å². The van der Waals surface area contributed by atoms with Gasteiger partial charge in [-0.05, 0) is 24.1 Å². The van der Waals surface area contributed by atoms with E-state index in [0.29, 0.717) is 5.02 Å². The number of esters is 1. The Hall–Kier alpha value is -0.540. The molecule has 0 aliphatic rings. The predicted molar refractivity (Wildman–Crippen MR) is 68.8 cm³/mol. The van der Waals surface area contributed by atoms with Crippen LogP contribution in [0.2, 0.25) is 5.02 Å². The lowest BCUT2D eigenvalue weighted by atomic mass is 9.94. The largest absolute Gasteiger partial charge is 0.469 e. The van der Waals surface area contributed by atoms with Crippen LogP contribution in [-0.2, 0) is 9.53 Å². The average Bonchev–Trinajstić information content (AvgIpc) is 2.26. The summed E-state index contributed by atoms with van der Waals surface area (Å²) in [6.07, 6.45) is 1.63. The van der Waals surface area contributed by atoms with E-state index in [-0.39, 0.29) is 11.9 Å². The van der Waals surface area contributed by atoms with Crippen LogP contribution in [0.25, 0.3) is 0 Å². The van der Waals surface area contributed by atoms with Crippen molar-refractivity contribution in [3.8, 4) is 0 Å². The van der Waals surface area contributed by atoms with E-state index >= 15 is 0 Å². The quantitative estimate of drug-likeness (QED) is 0.781. The van der Waals surface area contributed by atoms with Crippen LogP contribution >= 0.6 is 27.5 Å². The molecule has 0 bridgehead atoms. The molecule has 88 valence electrons. The molecule has 16 heavy (non-hydrogen) atoms. The van der Waals surface area contributed by atoms with Gasteiger partial charge in [0.25, 0.3) is 0 Å². The van der Waals surface area contributed by atoms with E-state index in [9.17, 15) is 4.79 Å². The molecule has 1 rings (SSSR count). The van der Waals surface area contributed by atoms with E-state index in [0.717, 1.165) is 22.9 Å². The summed E-state index contributed by atoms with van der Waals surface area (Å²) in [6.45, 7) is 2.03. The van der Waals surface area contributed by atoms with E-state index < -0.39 is 0 Å². The minimum atomic E-state index is -0.293. The molecule has 0 saturated heterocycles. The third kappa shape index (κ3) is 2.98. The molecular weight excluding hydrogens is 291 g/mol. The molecule has 1 aromatic rings. The second-order valence-electron chi connectivity index (χ2n) is 3.50. The van der Waals surface area contributed by atoms with Gasteiger partial charge in [-0.1, -0.05) is 46.9 Å². The molecule has 0 aromatic heterocycles. The van der Waals surface area contributed by atoms with E-state index in [2.05, 4.69) is 15.9 Å². The standard InChI is InChI=1S/C12H14BrClO2/c1-3-5-8(12(15)16-2)11-9(13)6-4-7-10(11)14/h4,6-8H,3,5H2,1-2H3. The summed E-state index contributed by atoms with van der Waals surface area (Å²) in [5.41, 5.74) is 0.817. The summed E-state index contributed by atoms with van der Waals surface area (Å²) in [4.78, 5) is 11.7. The molecule has 0 amide bonds. The highest BCUT2D eigenvalue weighted by Gasteiger charge is 2.24. The Morgan fingerprint density at radius 2 is 2.25 bits per heavy atom. The number of ether oxygens (including phenoxy) is 1. The molecule has 0 spiro atoms. The number of carbonyl (C=O) groups excluding carboxylic acids is 1. The molecule has 0 heterocycles. The van der Waals surface area contributed by atoms with Crippen molar-refractivity contribution >= 4 is 33.5 Å². The minimum absolute atomic E-state index is 0.240. The lowest BCUT2D eigenvalue weighted by Gasteiger charge is -2.17. The van der Waals surface area contributed by atoms with Crippen molar-refractivity contribution in [1.82, 2.24) is 0 Å². The van der Waals surface area contributed by atoms with Crippen LogP contribution in [-0.4, -0.2) is 13.1 Å². The first-order valence-corrected chi connectivity index (χ1v) is 6.30. The number of methoxy groups -OCH3 is 1. The smallest absolute Gasteiger partial charge is 0.313 e. The number of rotatable bonds is 4. The van der Waals surface area contributed by atoms with E-state index in [1.54, 1.807) is 6.07 Å². The molecule has 0 radical (unpaired) electrons. The third-order valence-corrected chi connectivity index (χ3v) is 3.43. The van der Waals surface area contributed by atoms with Crippen molar-refractivity contribution in [3.63, 3.8) is 0 Å². The van der Waals surface area contributed by atoms with Crippen molar-refractivity contribution in [2.75, 3.05) is 7.11 Å². The SMILES string of the molecule is CCCC(C(=O)OC)c1c(Cl)cccc1Br. The Bertz CT molecular complexity index is 359. The molecule has 1 atom stereocenters. The predicted octanol–water partition coefficient (Wildman–Crippen LogP) is 4.16. The maximum absolute atomic E-state index is 11.7. The maximum Gasteiger partial charge on any atom is 0.313 e. The zero-order valence-electron chi connectivity index (χ0n) is 9.30. The molecular formula is C12H14BrClO2. The van der Waals surface area contributed by atoms with Gasteiger partial charge in [0.05, 0.1) is 13.0 Å². The van der Waals surface area contributed by atoms with Crippen molar-refractivity contribution in [2.24, 2.45) is 0 Å². The first-order chi connectivity index (χ1) is 7.61. The fourth-order valence-electron chi connectivity index (χ4n) is 1.65. The first-order valence-electron chi connectivity index (χ1n) is 5.13. The van der Waals surface area contributed by atoms with Crippen LogP contribution in [0.15, 0.2) is 22.7 Å². The van der Waals surface area contributed by atoms with Gasteiger partial charge in [-0.2, -0.15) is 0 Å². The highest BCUT2D eigenvalue weighted by atomic mass is 79.9. The van der Waals surface area contributed by atoms with Crippen molar-refractivity contribution in [3.05, 3.63) is 33.3 Å². The zero-order valence-corrected chi connectivity index (χ0v) is 11.6. The monoisotopic (exact) mass is 304 g/mol. The van der Waals surface area contributed by atoms with E-state index in [4.69, 9.17) is 16.3 Å². The summed E-state index contributed by atoms with van der Waals surface area (Å²) in [5.74, 6) is -0.534. The normalized spacial score (nSPS) is 12.2. The number of hydrogen-bond acceptors (Lipinski definition) is 2. The van der Waals surface area contributed by atoms with Crippen LogP contribution in [0.3, 0.4) is 0 Å². The van der Waals surface area contributed by atoms with Gasteiger partial charge in [-0.3, -0.25) is 4.79 Å². The number of hydrogen-bond donors (Lipinski definition) is 0. The minimum Gasteiger partial charge on any atom is -0.469 e. The maximum atomic E-state index is 11.7. The Labute approximate surface area is 109 Å². The molecule has 0 aliphatic heterocycles. The summed E-state index contributed by atoms with van der Waals surface area (Å²) < 4.78 is 5.66. The van der Waals surface area contributed by atoms with E-state index in [1.807, 2.05) is 19.1 Å². The van der Waals surface area contributed by atoms with Gasteiger partial charge in [0.1, 0.15) is 0 Å². The van der Waals surface area contributed by atoms with E-state index in [1.165, 1.54) is 7.11 Å². The fourth-order valence-corrected chi connectivity index (χ4v) is 2.72. The second kappa shape index (κ2) is 6.26. The van der Waals surface area contributed by atoms with Crippen LogP contribution in [0.1, 0.15) is 31.2 Å². The average molecular weight is 306 g/mol. The summed E-state index contributed by atoms with van der Waals surface area (Å²) >= 11 is 9.55. The molecule has 0 fully saturated rings. The third-order valence-electron chi connectivity index (χ3n) is 2.41. The number of halogens is 2. The lowest BCUT2D eigenvalue weighted by Crippen LogP contribution is -2.15. The molecule has 0 saturated carbocycles. The van der Waals surface area contributed by atoms with Gasteiger partial charge in [0, 0.05) is 9.50 Å². The zero-order chi connectivity index (χ0) is 12.1. The topological polar surface area (TPSA) is 26.3 Å². The van der Waals surface area contributed by atoms with Crippen LogP contribution < -0.4 is 0 Å². The first kappa shape index (κ1) is 13.5. The molecule has 0 aliphatic carbocycles. The van der Waals surface area contributed by atoms with Crippen LogP contribution in [0, 0.1) is 0 Å². The van der Waals surface area contributed by atoms with Gasteiger partial charge in [0.2, 0.25) is 0 Å². The van der Waals surface area contributed by atoms with Gasteiger partial charge in [0.15, 0.2) is 0 Å². The lowest BCUT2D eigenvalue weighted by molar-refractivity contribution is -0.142. The fraction of sp³-hybridized carbons (Fsp3) is 0.417. The summed E-state index contributed by atoms with van der Waals surface area (Å²) in [7, 11) is 1.40. The van der Waals surface area contributed by atoms with Crippen LogP contribution in [0.4, 0.5) is 0 Å². The number of benzene rings is 1. The Morgan fingerprint density at radius 1 is 1.56 bits per heavy atom. The molecule has 4 heteroatoms. The Balaban J connectivity index is 3.15. The van der Waals surface area contributed by atoms with Crippen molar-refractivity contribution in [2.45, 2.75) is 25.7 Å². The Morgan fingerprint density at radius 3 is 2.75 bits per heavy atom. The van der Waals surface area contributed by atoms with Crippen LogP contribution in [0.5, 0.6) is 0 Å². The van der Waals surface area contributed by atoms with Crippen molar-refractivity contribution < 1.29 is 9.53 Å². The molecule has 1 aromatic carbocycles. The highest BCUT2D eigenvalue weighted by molar-refractivity contribution is 9.10. The van der Waals surface area contributed by atoms with Gasteiger partial charge in [-0.15, -0.1) is 0 Å².